The smallest absolute Gasteiger partial charge is 0.266 e. The number of hydrogen-bond acceptors (Lipinski definition) is 3. The normalized spacial score (nSPS) is 10.7. The van der Waals surface area contributed by atoms with Gasteiger partial charge in [-0.2, -0.15) is 5.26 Å². The molecule has 4 nitrogen and oxygen atoms in total. The van der Waals surface area contributed by atoms with Crippen molar-refractivity contribution in [3.8, 4) is 11.8 Å². The van der Waals surface area contributed by atoms with Gasteiger partial charge >= 0.3 is 0 Å². The summed E-state index contributed by atoms with van der Waals surface area (Å²) in [5.74, 6) is 0.302. The summed E-state index contributed by atoms with van der Waals surface area (Å²) in [6.07, 6.45) is 1.57. The Kier molecular flexibility index (Phi) is 6.18. The minimum atomic E-state index is -0.435. The summed E-state index contributed by atoms with van der Waals surface area (Å²) < 4.78 is 6.44. The number of nitriles is 1. The largest absolute Gasteiger partial charge is 0.494 e. The lowest BCUT2D eigenvalue weighted by Crippen LogP contribution is -2.13. The topological polar surface area (TPSA) is 62.1 Å². The summed E-state index contributed by atoms with van der Waals surface area (Å²) in [6.45, 7) is 2.49. The van der Waals surface area contributed by atoms with Crippen molar-refractivity contribution in [2.45, 2.75) is 6.92 Å². The van der Waals surface area contributed by atoms with Crippen LogP contribution in [0.3, 0.4) is 0 Å². The van der Waals surface area contributed by atoms with Crippen LogP contribution in [0.4, 0.5) is 5.69 Å². The number of benzene rings is 2. The zero-order valence-electron chi connectivity index (χ0n) is 12.5. The van der Waals surface area contributed by atoms with E-state index in [2.05, 4.69) is 27.9 Å². The number of nitrogens with zero attached hydrogens (tertiary/aromatic N) is 1. The van der Waals surface area contributed by atoms with Gasteiger partial charge < -0.3 is 10.1 Å². The predicted molar refractivity (Wildman–Crippen MR) is 99.0 cm³/mol. The highest BCUT2D eigenvalue weighted by molar-refractivity contribution is 14.1. The van der Waals surface area contributed by atoms with Gasteiger partial charge in [-0.05, 0) is 77.6 Å². The van der Waals surface area contributed by atoms with E-state index in [0.717, 1.165) is 14.9 Å². The zero-order chi connectivity index (χ0) is 16.7. The van der Waals surface area contributed by atoms with Gasteiger partial charge in [0.25, 0.3) is 5.91 Å². The Morgan fingerprint density at radius 2 is 1.87 bits per heavy atom. The molecule has 0 aromatic heterocycles. The molecule has 1 N–H and O–H groups in total. The third kappa shape index (κ3) is 5.11. The molecule has 0 spiro atoms. The number of ether oxygens (including phenoxy) is 1. The summed E-state index contributed by atoms with van der Waals surface area (Å²) in [6, 6.07) is 16.5. The van der Waals surface area contributed by atoms with E-state index in [9.17, 15) is 10.1 Å². The molecule has 0 heterocycles. The van der Waals surface area contributed by atoms with E-state index in [1.54, 1.807) is 30.3 Å². The van der Waals surface area contributed by atoms with Gasteiger partial charge in [0.05, 0.1) is 6.61 Å². The third-order valence-electron chi connectivity index (χ3n) is 2.97. The van der Waals surface area contributed by atoms with Crippen LogP contribution in [0.25, 0.3) is 6.08 Å². The van der Waals surface area contributed by atoms with Crippen LogP contribution in [0.15, 0.2) is 54.1 Å². The lowest BCUT2D eigenvalue weighted by Gasteiger charge is -2.06. The Morgan fingerprint density at radius 1 is 1.22 bits per heavy atom. The molecule has 0 bridgehead atoms. The fourth-order valence-electron chi connectivity index (χ4n) is 1.87. The van der Waals surface area contributed by atoms with Crippen LogP contribution in [0.2, 0.25) is 0 Å². The first kappa shape index (κ1) is 17.0. The van der Waals surface area contributed by atoms with Crippen LogP contribution in [0, 0.1) is 14.9 Å². The molecule has 23 heavy (non-hydrogen) atoms. The van der Waals surface area contributed by atoms with E-state index in [0.29, 0.717) is 12.3 Å². The summed E-state index contributed by atoms with van der Waals surface area (Å²) in [7, 11) is 0. The Bertz CT molecular complexity index is 744. The van der Waals surface area contributed by atoms with E-state index in [-0.39, 0.29) is 5.57 Å². The Hall–Kier alpha value is -2.33. The highest BCUT2D eigenvalue weighted by Crippen LogP contribution is 2.17. The molecule has 0 fully saturated rings. The lowest BCUT2D eigenvalue weighted by atomic mass is 10.1. The molecular weight excluding hydrogens is 403 g/mol. The van der Waals surface area contributed by atoms with Crippen molar-refractivity contribution in [3.05, 3.63) is 63.2 Å². The maximum Gasteiger partial charge on any atom is 0.266 e. The minimum absolute atomic E-state index is 0.0556. The van der Waals surface area contributed by atoms with Gasteiger partial charge in [0, 0.05) is 9.26 Å². The van der Waals surface area contributed by atoms with E-state index in [4.69, 9.17) is 4.74 Å². The molecule has 2 aromatic carbocycles. The van der Waals surface area contributed by atoms with Gasteiger partial charge in [-0.1, -0.05) is 12.1 Å². The van der Waals surface area contributed by atoms with E-state index in [1.807, 2.05) is 37.3 Å². The molecule has 0 aliphatic rings. The molecule has 2 aromatic rings. The van der Waals surface area contributed by atoms with E-state index >= 15 is 0 Å². The average Bonchev–Trinajstić information content (AvgIpc) is 2.56. The van der Waals surface area contributed by atoms with Crippen molar-refractivity contribution in [2.24, 2.45) is 0 Å². The maximum atomic E-state index is 12.2. The Morgan fingerprint density at radius 3 is 2.43 bits per heavy atom. The fourth-order valence-corrected chi connectivity index (χ4v) is 2.23. The number of anilines is 1. The second-order valence-corrected chi connectivity index (χ2v) is 5.88. The highest BCUT2D eigenvalue weighted by atomic mass is 127. The molecule has 2 rings (SSSR count). The number of halogens is 1. The van der Waals surface area contributed by atoms with Crippen molar-refractivity contribution >= 4 is 40.3 Å². The fraction of sp³-hybridized carbons (Fsp3) is 0.111. The first-order chi connectivity index (χ1) is 11.1. The van der Waals surface area contributed by atoms with Gasteiger partial charge in [-0.25, -0.2) is 0 Å². The molecule has 0 aliphatic heterocycles. The zero-order valence-corrected chi connectivity index (χ0v) is 14.7. The number of rotatable bonds is 5. The average molecular weight is 418 g/mol. The van der Waals surface area contributed by atoms with Gasteiger partial charge in [-0.3, -0.25) is 4.79 Å². The first-order valence-electron chi connectivity index (χ1n) is 7.04. The maximum absolute atomic E-state index is 12.2. The van der Waals surface area contributed by atoms with Gasteiger partial charge in [0.15, 0.2) is 0 Å². The van der Waals surface area contributed by atoms with Crippen LogP contribution in [0.1, 0.15) is 12.5 Å². The first-order valence-corrected chi connectivity index (χ1v) is 8.12. The number of nitrogens with one attached hydrogen (secondary N) is 1. The number of carbonyl (C=O) groups is 1. The molecule has 0 saturated heterocycles. The lowest BCUT2D eigenvalue weighted by molar-refractivity contribution is -0.112. The van der Waals surface area contributed by atoms with Gasteiger partial charge in [0.2, 0.25) is 0 Å². The number of amides is 1. The van der Waals surface area contributed by atoms with Gasteiger partial charge in [0.1, 0.15) is 17.4 Å². The van der Waals surface area contributed by atoms with Crippen LogP contribution < -0.4 is 10.1 Å². The van der Waals surface area contributed by atoms with Crippen molar-refractivity contribution in [1.29, 1.82) is 5.26 Å². The second kappa shape index (κ2) is 8.34. The molecule has 0 unspecified atom stereocenters. The quantitative estimate of drug-likeness (QED) is 0.449. The Labute approximate surface area is 148 Å². The Balaban J connectivity index is 2.11. The van der Waals surface area contributed by atoms with Gasteiger partial charge in [-0.15, -0.1) is 0 Å². The van der Waals surface area contributed by atoms with E-state index < -0.39 is 5.91 Å². The predicted octanol–water partition coefficient (Wildman–Crippen LogP) is 4.24. The molecule has 116 valence electrons. The van der Waals surface area contributed by atoms with Crippen LogP contribution in [-0.4, -0.2) is 12.5 Å². The molecule has 0 radical (unpaired) electrons. The third-order valence-corrected chi connectivity index (χ3v) is 3.69. The van der Waals surface area contributed by atoms with Crippen LogP contribution >= 0.6 is 22.6 Å². The van der Waals surface area contributed by atoms with Crippen LogP contribution in [-0.2, 0) is 4.79 Å². The second-order valence-electron chi connectivity index (χ2n) is 4.63. The van der Waals surface area contributed by atoms with Crippen molar-refractivity contribution in [1.82, 2.24) is 0 Å². The highest BCUT2D eigenvalue weighted by Gasteiger charge is 2.09. The van der Waals surface area contributed by atoms with Crippen molar-refractivity contribution in [3.63, 3.8) is 0 Å². The minimum Gasteiger partial charge on any atom is -0.494 e. The standard InChI is InChI=1S/C18H15IN2O2/c1-2-23-17-9-7-16(8-10-17)21-18(22)14(12-20)11-13-3-5-15(19)6-4-13/h3-11H,2H2,1H3,(H,21,22). The molecule has 0 aliphatic carbocycles. The number of hydrogen-bond donors (Lipinski definition) is 1. The number of carbonyl (C=O) groups excluding carboxylic acids is 1. The molecule has 1 amide bonds. The monoisotopic (exact) mass is 418 g/mol. The molecule has 5 heteroatoms. The summed E-state index contributed by atoms with van der Waals surface area (Å²) in [5, 5.41) is 11.9. The van der Waals surface area contributed by atoms with E-state index in [1.165, 1.54) is 0 Å². The molecule has 0 saturated carbocycles. The SMILES string of the molecule is CCOc1ccc(NC(=O)C(C#N)=Cc2ccc(I)cc2)cc1. The van der Waals surface area contributed by atoms with Crippen molar-refractivity contribution < 1.29 is 9.53 Å². The summed E-state index contributed by atoms with van der Waals surface area (Å²) in [4.78, 5) is 12.2. The molecule has 0 atom stereocenters. The van der Waals surface area contributed by atoms with Crippen LogP contribution in [0.5, 0.6) is 5.75 Å². The molecular formula is C18H15IN2O2. The summed E-state index contributed by atoms with van der Waals surface area (Å²) >= 11 is 2.20. The summed E-state index contributed by atoms with van der Waals surface area (Å²) in [5.41, 5.74) is 1.48. The van der Waals surface area contributed by atoms with Crippen molar-refractivity contribution in [2.75, 3.05) is 11.9 Å².